The summed E-state index contributed by atoms with van der Waals surface area (Å²) in [4.78, 5) is 4.09. The van der Waals surface area contributed by atoms with Crippen LogP contribution in [0, 0.1) is 0 Å². The van der Waals surface area contributed by atoms with Crippen molar-refractivity contribution in [1.29, 1.82) is 0 Å². The Bertz CT molecular complexity index is 555. The summed E-state index contributed by atoms with van der Waals surface area (Å²) >= 11 is 0. The zero-order valence-corrected chi connectivity index (χ0v) is 12.5. The van der Waals surface area contributed by atoms with Crippen molar-refractivity contribution in [3.05, 3.63) is 18.3 Å². The molecule has 1 aromatic rings. The van der Waals surface area contributed by atoms with Crippen molar-refractivity contribution in [1.82, 2.24) is 9.29 Å². The van der Waals surface area contributed by atoms with Gasteiger partial charge in [-0.3, -0.25) is 0 Å². The summed E-state index contributed by atoms with van der Waals surface area (Å²) in [5, 5.41) is 3.20. The monoisotopic (exact) mass is 283 g/mol. The van der Waals surface area contributed by atoms with Crippen molar-refractivity contribution in [2.45, 2.75) is 44.2 Å². The van der Waals surface area contributed by atoms with Gasteiger partial charge in [-0.25, -0.2) is 13.4 Å². The fourth-order valence-corrected chi connectivity index (χ4v) is 4.49. The predicted molar refractivity (Wildman–Crippen MR) is 75.6 cm³/mol. The Hall–Kier alpha value is -1.14. The van der Waals surface area contributed by atoms with E-state index in [1.54, 1.807) is 16.4 Å². The minimum absolute atomic E-state index is 0.131. The molecule has 1 aliphatic heterocycles. The molecular weight excluding hydrogens is 262 g/mol. The van der Waals surface area contributed by atoms with Gasteiger partial charge in [0.1, 0.15) is 0 Å². The lowest BCUT2D eigenvalue weighted by atomic mass is 10.0. The smallest absolute Gasteiger partial charge is 0.263 e. The number of aromatic nitrogens is 1. The van der Waals surface area contributed by atoms with E-state index in [0.717, 1.165) is 12.8 Å². The van der Waals surface area contributed by atoms with Gasteiger partial charge in [-0.1, -0.05) is 0 Å². The summed E-state index contributed by atoms with van der Waals surface area (Å²) in [6.45, 7) is 7.10. The fourth-order valence-electron chi connectivity index (χ4n) is 2.55. The number of pyridine rings is 1. The van der Waals surface area contributed by atoms with Crippen LogP contribution >= 0.6 is 0 Å². The largest absolute Gasteiger partial charge is 0.383 e. The molecule has 19 heavy (non-hydrogen) atoms. The molecule has 5 nitrogen and oxygen atoms in total. The van der Waals surface area contributed by atoms with Crippen LogP contribution in [0.3, 0.4) is 0 Å². The highest BCUT2D eigenvalue weighted by molar-refractivity contribution is 7.89. The fraction of sp³-hybridized carbons (Fsp3) is 0.615. The zero-order chi connectivity index (χ0) is 14.1. The van der Waals surface area contributed by atoms with E-state index in [1.807, 2.05) is 20.8 Å². The Kier molecular flexibility index (Phi) is 3.82. The average molecular weight is 283 g/mol. The first-order valence-corrected chi connectivity index (χ1v) is 8.05. The molecule has 1 fully saturated rings. The van der Waals surface area contributed by atoms with Crippen molar-refractivity contribution in [2.24, 2.45) is 0 Å². The van der Waals surface area contributed by atoms with Crippen LogP contribution in [0.25, 0.3) is 0 Å². The number of sulfonamides is 1. The molecule has 1 N–H and O–H groups in total. The molecule has 0 aromatic carbocycles. The van der Waals surface area contributed by atoms with Gasteiger partial charge in [0.15, 0.2) is 5.03 Å². The van der Waals surface area contributed by atoms with E-state index in [0.29, 0.717) is 18.8 Å². The van der Waals surface area contributed by atoms with E-state index in [1.165, 1.54) is 6.20 Å². The SMILES string of the molecule is CCNc1cccnc1S(=O)(=O)N1CCCC1(C)C. The van der Waals surface area contributed by atoms with Gasteiger partial charge >= 0.3 is 0 Å². The molecule has 6 heteroatoms. The van der Waals surface area contributed by atoms with Crippen LogP contribution in [-0.2, 0) is 10.0 Å². The third-order valence-electron chi connectivity index (χ3n) is 3.50. The summed E-state index contributed by atoms with van der Waals surface area (Å²) in [5.74, 6) is 0. The van der Waals surface area contributed by atoms with Gasteiger partial charge in [-0.2, -0.15) is 4.31 Å². The first kappa shape index (κ1) is 14.3. The molecule has 0 atom stereocenters. The first-order chi connectivity index (χ1) is 8.89. The molecule has 0 radical (unpaired) electrons. The third-order valence-corrected chi connectivity index (χ3v) is 5.57. The zero-order valence-electron chi connectivity index (χ0n) is 11.7. The van der Waals surface area contributed by atoms with Crippen LogP contribution in [0.4, 0.5) is 5.69 Å². The maximum absolute atomic E-state index is 12.8. The topological polar surface area (TPSA) is 62.3 Å². The van der Waals surface area contributed by atoms with Crippen molar-refractivity contribution < 1.29 is 8.42 Å². The molecule has 106 valence electrons. The van der Waals surface area contributed by atoms with Crippen molar-refractivity contribution >= 4 is 15.7 Å². The van der Waals surface area contributed by atoms with Crippen LogP contribution in [0.2, 0.25) is 0 Å². The summed E-state index contributed by atoms with van der Waals surface area (Å²) in [6.07, 6.45) is 3.31. The molecule has 0 aliphatic carbocycles. The molecule has 1 aromatic heterocycles. The van der Waals surface area contributed by atoms with Gasteiger partial charge < -0.3 is 5.32 Å². The molecule has 0 spiro atoms. The highest BCUT2D eigenvalue weighted by atomic mass is 32.2. The van der Waals surface area contributed by atoms with Gasteiger partial charge in [-0.15, -0.1) is 0 Å². The second-order valence-electron chi connectivity index (χ2n) is 5.38. The quantitative estimate of drug-likeness (QED) is 0.919. The van der Waals surface area contributed by atoms with Crippen LogP contribution in [0.1, 0.15) is 33.6 Å². The average Bonchev–Trinajstić information content (AvgIpc) is 2.70. The maximum Gasteiger partial charge on any atom is 0.263 e. The molecule has 2 rings (SSSR count). The second kappa shape index (κ2) is 5.09. The Balaban J connectivity index is 2.45. The van der Waals surface area contributed by atoms with Crippen LogP contribution < -0.4 is 5.32 Å². The second-order valence-corrected chi connectivity index (χ2v) is 7.16. The van der Waals surface area contributed by atoms with E-state index >= 15 is 0 Å². The predicted octanol–water partition coefficient (Wildman–Crippen LogP) is 2.08. The van der Waals surface area contributed by atoms with Crippen molar-refractivity contribution in [3.8, 4) is 0 Å². The summed E-state index contributed by atoms with van der Waals surface area (Å²) < 4.78 is 27.1. The highest BCUT2D eigenvalue weighted by Crippen LogP contribution is 2.35. The van der Waals surface area contributed by atoms with E-state index < -0.39 is 10.0 Å². The Morgan fingerprint density at radius 1 is 1.47 bits per heavy atom. The van der Waals surface area contributed by atoms with Crippen molar-refractivity contribution in [2.75, 3.05) is 18.4 Å². The molecular formula is C13H21N3O2S. The van der Waals surface area contributed by atoms with Crippen LogP contribution in [0.15, 0.2) is 23.4 Å². The summed E-state index contributed by atoms with van der Waals surface area (Å²) in [6, 6.07) is 3.50. The number of hydrogen-bond donors (Lipinski definition) is 1. The molecule has 0 unspecified atom stereocenters. The number of hydrogen-bond acceptors (Lipinski definition) is 4. The standard InChI is InChI=1S/C13H21N3O2S/c1-4-14-11-7-5-9-15-12(11)19(17,18)16-10-6-8-13(16,2)3/h5,7,9,14H,4,6,8,10H2,1-3H3. The van der Waals surface area contributed by atoms with Gasteiger partial charge in [0, 0.05) is 24.8 Å². The molecule has 2 heterocycles. The van der Waals surface area contributed by atoms with Gasteiger partial charge in [0.25, 0.3) is 10.0 Å². The molecule has 0 saturated carbocycles. The summed E-state index contributed by atoms with van der Waals surface area (Å²) in [5.41, 5.74) is 0.243. The normalized spacial score (nSPS) is 19.5. The van der Waals surface area contributed by atoms with Crippen LogP contribution in [0.5, 0.6) is 0 Å². The third kappa shape index (κ3) is 2.60. The molecule has 0 amide bonds. The number of nitrogens with zero attached hydrogens (tertiary/aromatic N) is 2. The minimum atomic E-state index is -3.54. The lowest BCUT2D eigenvalue weighted by Gasteiger charge is -2.30. The first-order valence-electron chi connectivity index (χ1n) is 6.61. The Labute approximate surface area is 115 Å². The summed E-state index contributed by atoms with van der Waals surface area (Å²) in [7, 11) is -3.54. The lowest BCUT2D eigenvalue weighted by molar-refractivity contribution is 0.291. The Morgan fingerprint density at radius 2 is 2.21 bits per heavy atom. The minimum Gasteiger partial charge on any atom is -0.383 e. The van der Waals surface area contributed by atoms with E-state index in [9.17, 15) is 8.42 Å². The number of nitrogens with one attached hydrogen (secondary N) is 1. The maximum atomic E-state index is 12.8. The van der Waals surface area contributed by atoms with E-state index in [4.69, 9.17) is 0 Å². The van der Waals surface area contributed by atoms with Crippen molar-refractivity contribution in [3.63, 3.8) is 0 Å². The van der Waals surface area contributed by atoms with E-state index in [2.05, 4.69) is 10.3 Å². The van der Waals surface area contributed by atoms with E-state index in [-0.39, 0.29) is 10.6 Å². The van der Waals surface area contributed by atoms with Gasteiger partial charge in [0.2, 0.25) is 0 Å². The Morgan fingerprint density at radius 3 is 2.79 bits per heavy atom. The number of rotatable bonds is 4. The lowest BCUT2D eigenvalue weighted by Crippen LogP contribution is -2.43. The van der Waals surface area contributed by atoms with Gasteiger partial charge in [0.05, 0.1) is 5.69 Å². The molecule has 1 saturated heterocycles. The number of anilines is 1. The van der Waals surface area contributed by atoms with Gasteiger partial charge in [-0.05, 0) is 45.7 Å². The van der Waals surface area contributed by atoms with Crippen LogP contribution in [-0.4, -0.2) is 36.3 Å². The molecule has 0 bridgehead atoms. The highest BCUT2D eigenvalue weighted by Gasteiger charge is 2.42. The molecule has 1 aliphatic rings.